The minimum absolute atomic E-state index is 0.0971. The molecule has 0 spiro atoms. The molecular formula is C23H24N4O2. The summed E-state index contributed by atoms with van der Waals surface area (Å²) in [5, 5.41) is 0. The van der Waals surface area contributed by atoms with Gasteiger partial charge in [-0.05, 0) is 54.7 Å². The van der Waals surface area contributed by atoms with Gasteiger partial charge >= 0.3 is 0 Å². The fraction of sp³-hybridized carbons (Fsp3) is 0.348. The number of rotatable bonds is 5. The third-order valence-corrected chi connectivity index (χ3v) is 5.96. The molecule has 1 aromatic heterocycles. The van der Waals surface area contributed by atoms with E-state index in [1.165, 1.54) is 16.8 Å². The predicted octanol–water partition coefficient (Wildman–Crippen LogP) is 3.15. The Morgan fingerprint density at radius 1 is 1.03 bits per heavy atom. The highest BCUT2D eigenvalue weighted by molar-refractivity contribution is 5.57. The van der Waals surface area contributed by atoms with E-state index in [0.29, 0.717) is 12.4 Å². The minimum atomic E-state index is 0.0971. The molecule has 1 fully saturated rings. The fourth-order valence-electron chi connectivity index (χ4n) is 4.17. The summed E-state index contributed by atoms with van der Waals surface area (Å²) in [5.74, 6) is 2.17. The van der Waals surface area contributed by atoms with Gasteiger partial charge < -0.3 is 19.3 Å². The van der Waals surface area contributed by atoms with Crippen molar-refractivity contribution in [1.29, 1.82) is 0 Å². The lowest BCUT2D eigenvalue weighted by atomic mass is 10.0. The van der Waals surface area contributed by atoms with Gasteiger partial charge in [0.25, 0.3) is 0 Å². The maximum Gasteiger partial charge on any atom is 0.237 e. The number of nitrogens with zero attached hydrogens (tertiary/aromatic N) is 4. The quantitative estimate of drug-likeness (QED) is 0.734. The summed E-state index contributed by atoms with van der Waals surface area (Å²) in [4.78, 5) is 24.4. The zero-order valence-electron chi connectivity index (χ0n) is 16.3. The molecule has 5 rings (SSSR count). The molecule has 0 saturated carbocycles. The van der Waals surface area contributed by atoms with Crippen LogP contribution in [0.1, 0.15) is 17.5 Å². The minimum Gasteiger partial charge on any atom is -0.437 e. The van der Waals surface area contributed by atoms with Crippen molar-refractivity contribution in [3.63, 3.8) is 0 Å². The summed E-state index contributed by atoms with van der Waals surface area (Å²) in [6.07, 6.45) is 13.8. The lowest BCUT2D eigenvalue weighted by Gasteiger charge is -2.26. The number of fused-ring (bicyclic) bond motifs is 1. The Labute approximate surface area is 170 Å². The monoisotopic (exact) mass is 388 g/mol. The first-order chi connectivity index (χ1) is 14.3. The molecule has 3 heterocycles. The van der Waals surface area contributed by atoms with E-state index in [2.05, 4.69) is 50.1 Å². The van der Waals surface area contributed by atoms with Crippen molar-refractivity contribution in [2.75, 3.05) is 31.1 Å². The average Bonchev–Trinajstić information content (AvgIpc) is 3.10. The van der Waals surface area contributed by atoms with Gasteiger partial charge in [-0.3, -0.25) is 0 Å². The summed E-state index contributed by atoms with van der Waals surface area (Å²) in [7, 11) is 0. The number of allylic oxidation sites excluding steroid dienone is 3. The maximum atomic E-state index is 10.9. The van der Waals surface area contributed by atoms with Crippen LogP contribution in [0.25, 0.3) is 0 Å². The van der Waals surface area contributed by atoms with Gasteiger partial charge in [0, 0.05) is 37.8 Å². The van der Waals surface area contributed by atoms with Crippen LogP contribution in [-0.2, 0) is 17.6 Å². The third kappa shape index (κ3) is 3.75. The average molecular weight is 388 g/mol. The van der Waals surface area contributed by atoms with Crippen LogP contribution >= 0.6 is 0 Å². The molecule has 148 valence electrons. The van der Waals surface area contributed by atoms with Crippen molar-refractivity contribution < 1.29 is 9.53 Å². The van der Waals surface area contributed by atoms with Crippen LogP contribution in [0.15, 0.2) is 54.5 Å². The second-order valence-corrected chi connectivity index (χ2v) is 7.81. The molecule has 0 N–H and O–H groups in total. The fourth-order valence-corrected chi connectivity index (χ4v) is 4.17. The lowest BCUT2D eigenvalue weighted by molar-refractivity contribution is -0.110. The lowest BCUT2D eigenvalue weighted by Crippen LogP contribution is -2.26. The first-order valence-corrected chi connectivity index (χ1v) is 10.2. The topological polar surface area (TPSA) is 58.6 Å². The number of ether oxygens (including phenoxy) is 1. The predicted molar refractivity (Wildman–Crippen MR) is 111 cm³/mol. The number of aromatic nitrogens is 2. The molecule has 29 heavy (non-hydrogen) atoms. The van der Waals surface area contributed by atoms with E-state index in [0.717, 1.165) is 56.8 Å². The summed E-state index contributed by atoms with van der Waals surface area (Å²) in [6, 6.07) is 6.32. The van der Waals surface area contributed by atoms with E-state index in [1.54, 1.807) is 12.4 Å². The first kappa shape index (κ1) is 17.9. The van der Waals surface area contributed by atoms with E-state index in [-0.39, 0.29) is 5.92 Å². The van der Waals surface area contributed by atoms with Gasteiger partial charge in [-0.15, -0.1) is 0 Å². The molecule has 1 aromatic carbocycles. The number of carbonyl (C=O) groups is 1. The Kier molecular flexibility index (Phi) is 4.76. The molecular weight excluding hydrogens is 364 g/mol. The molecule has 6 heteroatoms. The maximum absolute atomic E-state index is 10.9. The molecule has 1 aliphatic carbocycles. The van der Waals surface area contributed by atoms with Crippen LogP contribution in [0.4, 0.5) is 5.82 Å². The highest BCUT2D eigenvalue weighted by Crippen LogP contribution is 2.28. The van der Waals surface area contributed by atoms with Crippen LogP contribution in [0.3, 0.4) is 0 Å². The zero-order valence-corrected chi connectivity index (χ0v) is 16.3. The van der Waals surface area contributed by atoms with Gasteiger partial charge in [0.2, 0.25) is 5.88 Å². The third-order valence-electron chi connectivity index (χ3n) is 5.96. The van der Waals surface area contributed by atoms with Gasteiger partial charge in [-0.25, -0.2) is 9.97 Å². The van der Waals surface area contributed by atoms with Crippen LogP contribution < -0.4 is 9.64 Å². The van der Waals surface area contributed by atoms with E-state index in [4.69, 9.17) is 4.74 Å². The first-order valence-electron chi connectivity index (χ1n) is 10.2. The van der Waals surface area contributed by atoms with Gasteiger partial charge in [-0.1, -0.05) is 12.1 Å². The molecule has 3 aliphatic rings. The van der Waals surface area contributed by atoms with Crippen LogP contribution in [0.5, 0.6) is 11.6 Å². The number of carbonyl (C=O) groups excluding carboxylic acids is 1. The van der Waals surface area contributed by atoms with Crippen LogP contribution in [-0.4, -0.2) is 47.3 Å². The summed E-state index contributed by atoms with van der Waals surface area (Å²) >= 11 is 0. The molecule has 1 unspecified atom stereocenters. The number of anilines is 1. The van der Waals surface area contributed by atoms with Gasteiger partial charge in [-0.2, -0.15) is 0 Å². The van der Waals surface area contributed by atoms with Crippen molar-refractivity contribution >= 4 is 12.1 Å². The molecule has 1 atom stereocenters. The van der Waals surface area contributed by atoms with E-state index in [9.17, 15) is 4.79 Å². The molecule has 0 bridgehead atoms. The van der Waals surface area contributed by atoms with Crippen LogP contribution in [0.2, 0.25) is 0 Å². The van der Waals surface area contributed by atoms with Gasteiger partial charge in [0.1, 0.15) is 17.9 Å². The Morgan fingerprint density at radius 3 is 2.59 bits per heavy atom. The summed E-state index contributed by atoms with van der Waals surface area (Å²) in [5.41, 5.74) is 4.07. The summed E-state index contributed by atoms with van der Waals surface area (Å²) < 4.78 is 5.97. The largest absolute Gasteiger partial charge is 0.437 e. The van der Waals surface area contributed by atoms with Gasteiger partial charge in [0.05, 0.1) is 12.4 Å². The molecule has 2 aromatic rings. The van der Waals surface area contributed by atoms with Crippen molar-refractivity contribution in [3.05, 3.63) is 65.6 Å². The van der Waals surface area contributed by atoms with Crippen molar-refractivity contribution in [1.82, 2.24) is 14.9 Å². The zero-order chi connectivity index (χ0) is 19.6. The second-order valence-electron chi connectivity index (χ2n) is 7.81. The number of aldehydes is 1. The Balaban J connectivity index is 1.24. The highest BCUT2D eigenvalue weighted by Gasteiger charge is 2.23. The van der Waals surface area contributed by atoms with E-state index >= 15 is 0 Å². The van der Waals surface area contributed by atoms with Crippen LogP contribution in [0, 0.1) is 5.92 Å². The van der Waals surface area contributed by atoms with Crippen molar-refractivity contribution in [2.45, 2.75) is 19.3 Å². The molecule has 2 aliphatic heterocycles. The Hall–Kier alpha value is -3.15. The second kappa shape index (κ2) is 7.70. The highest BCUT2D eigenvalue weighted by atomic mass is 16.5. The number of hydrogen-bond donors (Lipinski definition) is 0. The van der Waals surface area contributed by atoms with Gasteiger partial charge in [0.15, 0.2) is 0 Å². The molecule has 1 saturated heterocycles. The van der Waals surface area contributed by atoms with E-state index < -0.39 is 0 Å². The smallest absolute Gasteiger partial charge is 0.237 e. The SMILES string of the molecule is O=CC1CCN(c2cnc(Oc3ccc4c(c3)CCN(C3=CC=C3)CC4)cn2)C1. The van der Waals surface area contributed by atoms with E-state index in [1.807, 2.05) is 6.07 Å². The Bertz CT molecular complexity index is 967. The molecule has 0 radical (unpaired) electrons. The molecule has 0 amide bonds. The van der Waals surface area contributed by atoms with Crippen molar-refractivity contribution in [2.24, 2.45) is 5.92 Å². The normalized spacial score (nSPS) is 20.6. The Morgan fingerprint density at radius 2 is 1.90 bits per heavy atom. The summed E-state index contributed by atoms with van der Waals surface area (Å²) in [6.45, 7) is 3.64. The standard InChI is InChI=1S/C23H24N4O2/c28-16-17-6-9-27(15-17)22-13-25-23(14-24-22)29-21-5-4-18-7-10-26(20-2-1-3-20)11-8-19(18)12-21/h1-5,12-14,16-17H,6-11,15H2. The molecule has 6 nitrogen and oxygen atoms in total. The van der Waals surface area contributed by atoms with Crippen molar-refractivity contribution in [3.8, 4) is 11.6 Å². The number of hydrogen-bond acceptors (Lipinski definition) is 6. The number of benzene rings is 1.